The number of hydrogen-bond donors (Lipinski definition) is 2. The molecular weight excluding hydrogens is 569 g/mol. The topological polar surface area (TPSA) is 109 Å². The molecule has 1 atom stereocenters. The number of halogens is 2. The maximum Gasteiger partial charge on any atom is 0.255 e. The summed E-state index contributed by atoms with van der Waals surface area (Å²) in [5.74, 6) is 1.93. The van der Waals surface area contributed by atoms with Crippen molar-refractivity contribution in [2.45, 2.75) is 19.6 Å². The largest absolute Gasteiger partial charge is 0.495 e. The molecule has 0 unspecified atom stereocenters. The Balaban J connectivity index is 1.49. The molecule has 0 saturated heterocycles. The van der Waals surface area contributed by atoms with Crippen LogP contribution in [0.25, 0.3) is 0 Å². The van der Waals surface area contributed by atoms with Crippen LogP contribution in [0.4, 0.5) is 11.6 Å². The minimum absolute atomic E-state index is 0.326. The first-order valence-electron chi connectivity index (χ1n) is 12.5. The Bertz CT molecular complexity index is 1620. The van der Waals surface area contributed by atoms with Crippen LogP contribution in [0.3, 0.4) is 0 Å². The summed E-state index contributed by atoms with van der Waals surface area (Å²) in [7, 11) is 4.55. The Hall–Kier alpha value is -4.41. The number of hydrogen-bond acceptors (Lipinski definition) is 8. The normalized spacial score (nSPS) is 14.1. The van der Waals surface area contributed by atoms with Crippen molar-refractivity contribution in [3.8, 4) is 23.0 Å². The lowest BCUT2D eigenvalue weighted by atomic mass is 9.94. The van der Waals surface area contributed by atoms with Crippen LogP contribution >= 0.6 is 23.2 Å². The van der Waals surface area contributed by atoms with E-state index in [9.17, 15) is 4.79 Å². The van der Waals surface area contributed by atoms with Crippen molar-refractivity contribution in [1.29, 1.82) is 0 Å². The molecule has 41 heavy (non-hydrogen) atoms. The molecule has 0 fully saturated rings. The standard InChI is InChI=1S/C29H27Cl2N5O5/c1-16-26(28(37)35-21-13-23(38-2)20(31)12-24(21)39-3)27(36-29(34-16)32-15-33-36)18-7-10-22(25(11-18)40-4)41-14-17-5-8-19(30)9-6-17/h5-13,15,27H,14H2,1-4H3,(H,35,37)(H,32,33,34)/t27-/m0/s1. The fourth-order valence-electron chi connectivity index (χ4n) is 4.56. The number of aromatic nitrogens is 3. The molecule has 212 valence electrons. The molecule has 0 spiro atoms. The molecule has 2 heterocycles. The Morgan fingerprint density at radius 3 is 2.39 bits per heavy atom. The highest BCUT2D eigenvalue weighted by atomic mass is 35.5. The molecule has 2 N–H and O–H groups in total. The monoisotopic (exact) mass is 595 g/mol. The number of anilines is 2. The van der Waals surface area contributed by atoms with E-state index in [0.717, 1.165) is 11.1 Å². The second-order valence-corrected chi connectivity index (χ2v) is 9.90. The summed E-state index contributed by atoms with van der Waals surface area (Å²) in [6.07, 6.45) is 1.43. The number of fused-ring (bicyclic) bond motifs is 1. The average molecular weight is 596 g/mol. The summed E-state index contributed by atoms with van der Waals surface area (Å²) in [5.41, 5.74) is 3.11. The van der Waals surface area contributed by atoms with E-state index in [1.807, 2.05) is 36.4 Å². The maximum atomic E-state index is 13.9. The summed E-state index contributed by atoms with van der Waals surface area (Å²) in [5, 5.41) is 11.5. The Morgan fingerprint density at radius 2 is 1.68 bits per heavy atom. The zero-order valence-electron chi connectivity index (χ0n) is 22.7. The zero-order chi connectivity index (χ0) is 29.1. The van der Waals surface area contributed by atoms with Crippen molar-refractivity contribution in [1.82, 2.24) is 14.8 Å². The number of nitrogens with zero attached hydrogens (tertiary/aromatic N) is 3. The van der Waals surface area contributed by atoms with Gasteiger partial charge in [-0.15, -0.1) is 0 Å². The van der Waals surface area contributed by atoms with Crippen molar-refractivity contribution in [2.75, 3.05) is 32.0 Å². The average Bonchev–Trinajstić information content (AvgIpc) is 3.44. The highest BCUT2D eigenvalue weighted by Crippen LogP contribution is 2.41. The number of carbonyl (C=O) groups is 1. The van der Waals surface area contributed by atoms with Gasteiger partial charge in [0.1, 0.15) is 30.5 Å². The van der Waals surface area contributed by atoms with Gasteiger partial charge in [-0.3, -0.25) is 4.79 Å². The van der Waals surface area contributed by atoms with E-state index in [0.29, 0.717) is 62.6 Å². The molecule has 4 aromatic rings. The van der Waals surface area contributed by atoms with Crippen LogP contribution in [0.2, 0.25) is 10.0 Å². The third-order valence-electron chi connectivity index (χ3n) is 6.57. The van der Waals surface area contributed by atoms with Crippen molar-refractivity contribution in [3.63, 3.8) is 0 Å². The molecule has 5 rings (SSSR count). The van der Waals surface area contributed by atoms with Gasteiger partial charge in [0.25, 0.3) is 5.91 Å². The van der Waals surface area contributed by atoms with Crippen LogP contribution in [0.1, 0.15) is 24.1 Å². The van der Waals surface area contributed by atoms with Gasteiger partial charge in [0.05, 0.1) is 37.6 Å². The van der Waals surface area contributed by atoms with Crippen LogP contribution in [-0.4, -0.2) is 42.0 Å². The quantitative estimate of drug-likeness (QED) is 0.238. The number of allylic oxidation sites excluding steroid dienone is 1. The molecule has 1 aliphatic heterocycles. The van der Waals surface area contributed by atoms with Crippen LogP contribution in [0.5, 0.6) is 23.0 Å². The summed E-state index contributed by atoms with van der Waals surface area (Å²) in [4.78, 5) is 18.2. The number of benzene rings is 3. The van der Waals surface area contributed by atoms with Gasteiger partial charge < -0.3 is 29.6 Å². The SMILES string of the molecule is COc1cc(NC(=O)C2=C(C)Nc3ncnn3[C@H]2c2ccc(OCc3ccc(Cl)cc3)c(OC)c2)c(OC)cc1Cl. The summed E-state index contributed by atoms with van der Waals surface area (Å²) >= 11 is 12.3. The Kier molecular flexibility index (Phi) is 8.23. The van der Waals surface area contributed by atoms with Crippen LogP contribution in [0.15, 0.2) is 72.2 Å². The minimum atomic E-state index is -0.631. The summed E-state index contributed by atoms with van der Waals surface area (Å²) in [6.45, 7) is 2.13. The van der Waals surface area contributed by atoms with Crippen LogP contribution < -0.4 is 29.6 Å². The van der Waals surface area contributed by atoms with E-state index < -0.39 is 6.04 Å². The van der Waals surface area contributed by atoms with E-state index in [4.69, 9.17) is 42.1 Å². The molecule has 1 aromatic heterocycles. The van der Waals surface area contributed by atoms with Crippen LogP contribution in [0, 0.1) is 0 Å². The molecule has 1 amide bonds. The molecule has 0 bridgehead atoms. The van der Waals surface area contributed by atoms with Gasteiger partial charge in [0, 0.05) is 22.9 Å². The summed E-state index contributed by atoms with van der Waals surface area (Å²) < 4.78 is 24.1. The van der Waals surface area contributed by atoms with Gasteiger partial charge in [-0.25, -0.2) is 4.68 Å². The van der Waals surface area contributed by atoms with E-state index >= 15 is 0 Å². The van der Waals surface area contributed by atoms with E-state index in [1.54, 1.807) is 36.9 Å². The molecule has 12 heteroatoms. The van der Waals surface area contributed by atoms with E-state index in [1.165, 1.54) is 20.5 Å². The number of methoxy groups -OCH3 is 3. The first kappa shape index (κ1) is 28.1. The van der Waals surface area contributed by atoms with Gasteiger partial charge in [-0.05, 0) is 42.3 Å². The molecule has 0 saturated carbocycles. The minimum Gasteiger partial charge on any atom is -0.495 e. The first-order valence-corrected chi connectivity index (χ1v) is 13.2. The third kappa shape index (κ3) is 5.75. The smallest absolute Gasteiger partial charge is 0.255 e. The van der Waals surface area contributed by atoms with Gasteiger partial charge in [-0.1, -0.05) is 41.4 Å². The van der Waals surface area contributed by atoms with Crippen molar-refractivity contribution >= 4 is 40.7 Å². The number of rotatable bonds is 9. The Morgan fingerprint density at radius 1 is 0.951 bits per heavy atom. The van der Waals surface area contributed by atoms with Crippen molar-refractivity contribution < 1.29 is 23.7 Å². The van der Waals surface area contributed by atoms with Crippen molar-refractivity contribution in [3.05, 3.63) is 93.4 Å². The molecule has 0 aliphatic carbocycles. The predicted octanol–water partition coefficient (Wildman–Crippen LogP) is 6.12. The number of nitrogens with one attached hydrogen (secondary N) is 2. The third-order valence-corrected chi connectivity index (χ3v) is 7.12. The Labute approximate surface area is 246 Å². The first-order chi connectivity index (χ1) is 19.8. The predicted molar refractivity (Wildman–Crippen MR) is 156 cm³/mol. The number of amides is 1. The molecule has 3 aromatic carbocycles. The van der Waals surface area contributed by atoms with Gasteiger partial charge in [-0.2, -0.15) is 10.1 Å². The van der Waals surface area contributed by atoms with E-state index in [2.05, 4.69) is 20.7 Å². The lowest BCUT2D eigenvalue weighted by Crippen LogP contribution is -2.31. The number of ether oxygens (including phenoxy) is 4. The molecular formula is C29H27Cl2N5O5. The number of carbonyl (C=O) groups excluding carboxylic acids is 1. The molecule has 1 aliphatic rings. The lowest BCUT2D eigenvalue weighted by Gasteiger charge is -2.29. The van der Waals surface area contributed by atoms with E-state index in [-0.39, 0.29) is 5.91 Å². The van der Waals surface area contributed by atoms with Crippen LogP contribution in [-0.2, 0) is 11.4 Å². The van der Waals surface area contributed by atoms with Gasteiger partial charge in [0.15, 0.2) is 11.5 Å². The second-order valence-electron chi connectivity index (χ2n) is 9.06. The van der Waals surface area contributed by atoms with Gasteiger partial charge in [0.2, 0.25) is 5.95 Å². The fourth-order valence-corrected chi connectivity index (χ4v) is 4.91. The highest BCUT2D eigenvalue weighted by molar-refractivity contribution is 6.32. The summed E-state index contributed by atoms with van der Waals surface area (Å²) in [6, 6.07) is 15.5. The molecule has 0 radical (unpaired) electrons. The molecule has 10 nitrogen and oxygen atoms in total. The maximum absolute atomic E-state index is 13.9. The fraction of sp³-hybridized carbons (Fsp3) is 0.207. The van der Waals surface area contributed by atoms with Gasteiger partial charge >= 0.3 is 0 Å². The zero-order valence-corrected chi connectivity index (χ0v) is 24.2. The van der Waals surface area contributed by atoms with Crippen molar-refractivity contribution in [2.24, 2.45) is 0 Å². The highest BCUT2D eigenvalue weighted by Gasteiger charge is 2.34. The lowest BCUT2D eigenvalue weighted by molar-refractivity contribution is -0.113. The second kappa shape index (κ2) is 12.0.